The summed E-state index contributed by atoms with van der Waals surface area (Å²) in [6, 6.07) is 21.0. The second-order valence-electron chi connectivity index (χ2n) is 9.89. The zero-order valence-electron chi connectivity index (χ0n) is 21.1. The lowest BCUT2D eigenvalue weighted by Gasteiger charge is -2.46. The van der Waals surface area contributed by atoms with E-state index in [1.165, 1.54) is 4.88 Å². The average Bonchev–Trinajstić information content (AvgIpc) is 3.58. The van der Waals surface area contributed by atoms with Gasteiger partial charge in [-0.3, -0.25) is 9.69 Å². The van der Waals surface area contributed by atoms with Crippen LogP contribution in [-0.2, 0) is 10.3 Å². The third-order valence-corrected chi connectivity index (χ3v) is 9.36. The van der Waals surface area contributed by atoms with E-state index in [1.54, 1.807) is 0 Å². The molecule has 4 aromatic rings. The summed E-state index contributed by atoms with van der Waals surface area (Å²) in [4.78, 5) is 25.2. The zero-order chi connectivity index (χ0) is 25.3. The number of carbonyl (C=O) groups excluding carboxylic acids is 1. The highest BCUT2D eigenvalue weighted by atomic mass is 79.9. The van der Waals surface area contributed by atoms with Crippen molar-refractivity contribution in [2.24, 2.45) is 0 Å². The quantitative estimate of drug-likeness (QED) is 0.273. The van der Waals surface area contributed by atoms with E-state index in [1.807, 2.05) is 29.7 Å². The molecule has 1 unspecified atom stereocenters. The van der Waals surface area contributed by atoms with E-state index in [-0.39, 0.29) is 17.5 Å². The number of aromatic nitrogens is 1. The molecule has 2 aromatic heterocycles. The van der Waals surface area contributed by atoms with Gasteiger partial charge in [0.05, 0.1) is 23.7 Å². The number of aromatic amines is 1. The second kappa shape index (κ2) is 10.4. The summed E-state index contributed by atoms with van der Waals surface area (Å²) in [7, 11) is 6.42. The molecule has 5 nitrogen and oxygen atoms in total. The first-order valence-corrected chi connectivity index (χ1v) is 14.1. The van der Waals surface area contributed by atoms with Gasteiger partial charge in [0.25, 0.3) is 0 Å². The molecular formula is C29H33BrN4OS. The Morgan fingerprint density at radius 3 is 2.50 bits per heavy atom. The number of nitrogens with zero attached hydrogens (tertiary/aromatic N) is 3. The number of piperidine rings is 1. The van der Waals surface area contributed by atoms with Crippen molar-refractivity contribution >= 4 is 49.8 Å². The van der Waals surface area contributed by atoms with Crippen molar-refractivity contribution in [3.63, 3.8) is 0 Å². The maximum absolute atomic E-state index is 13.7. The van der Waals surface area contributed by atoms with Gasteiger partial charge in [-0.25, -0.2) is 0 Å². The number of hydrogen-bond donors (Lipinski definition) is 1. The summed E-state index contributed by atoms with van der Waals surface area (Å²) >= 11 is 5.43. The molecule has 0 saturated carbocycles. The molecular weight excluding hydrogens is 532 g/mol. The van der Waals surface area contributed by atoms with Gasteiger partial charge in [-0.2, -0.15) is 0 Å². The molecule has 1 aliphatic rings. The van der Waals surface area contributed by atoms with Crippen LogP contribution in [0, 0.1) is 0 Å². The molecule has 188 valence electrons. The largest absolute Gasteiger partial charge is 0.365 e. The lowest BCUT2D eigenvalue weighted by Crippen LogP contribution is -2.51. The molecule has 5 rings (SSSR count). The van der Waals surface area contributed by atoms with E-state index in [4.69, 9.17) is 0 Å². The first kappa shape index (κ1) is 25.1. The zero-order valence-corrected chi connectivity index (χ0v) is 23.5. The van der Waals surface area contributed by atoms with Gasteiger partial charge in [0, 0.05) is 46.6 Å². The molecule has 2 aromatic carbocycles. The SMILES string of the molecule is CN(c1c[nH]c2ccc(Br)cc12)C(CC(=O)N1CCC(c2cccs2)(N(C)C)CC1)c1ccccc1. The Kier molecular flexibility index (Phi) is 7.24. The van der Waals surface area contributed by atoms with Gasteiger partial charge in [0.2, 0.25) is 5.91 Å². The molecule has 3 heterocycles. The number of amides is 1. The van der Waals surface area contributed by atoms with Crippen molar-refractivity contribution in [3.05, 3.63) is 87.2 Å². The third kappa shape index (κ3) is 4.72. The Labute approximate surface area is 225 Å². The highest BCUT2D eigenvalue weighted by Gasteiger charge is 2.40. The Balaban J connectivity index is 1.37. The van der Waals surface area contributed by atoms with Gasteiger partial charge >= 0.3 is 0 Å². The summed E-state index contributed by atoms with van der Waals surface area (Å²) in [5.74, 6) is 0.218. The predicted octanol–water partition coefficient (Wildman–Crippen LogP) is 6.64. The second-order valence-corrected chi connectivity index (χ2v) is 11.8. The van der Waals surface area contributed by atoms with E-state index in [0.717, 1.165) is 52.6 Å². The van der Waals surface area contributed by atoms with Gasteiger partial charge in [-0.05, 0) is 62.1 Å². The molecule has 1 saturated heterocycles. The maximum atomic E-state index is 13.7. The summed E-state index contributed by atoms with van der Waals surface area (Å²) in [5.41, 5.74) is 3.34. The van der Waals surface area contributed by atoms with Crippen molar-refractivity contribution < 1.29 is 4.79 Å². The van der Waals surface area contributed by atoms with Gasteiger partial charge < -0.3 is 14.8 Å². The normalized spacial score (nSPS) is 16.4. The van der Waals surface area contributed by atoms with Crippen molar-refractivity contribution in [2.75, 3.05) is 39.1 Å². The van der Waals surface area contributed by atoms with Gasteiger partial charge in [-0.15, -0.1) is 11.3 Å². The molecule has 1 fully saturated rings. The van der Waals surface area contributed by atoms with Crippen LogP contribution in [-0.4, -0.2) is 54.9 Å². The van der Waals surface area contributed by atoms with Crippen LogP contribution in [0.15, 0.2) is 76.7 Å². The van der Waals surface area contributed by atoms with Crippen LogP contribution in [0.4, 0.5) is 5.69 Å². The van der Waals surface area contributed by atoms with Crippen LogP contribution in [0.2, 0.25) is 0 Å². The number of anilines is 1. The lowest BCUT2D eigenvalue weighted by atomic mass is 9.84. The van der Waals surface area contributed by atoms with Crippen LogP contribution < -0.4 is 4.90 Å². The van der Waals surface area contributed by atoms with Crippen LogP contribution >= 0.6 is 27.3 Å². The molecule has 0 bridgehead atoms. The van der Waals surface area contributed by atoms with E-state index in [9.17, 15) is 4.79 Å². The predicted molar refractivity (Wildman–Crippen MR) is 154 cm³/mol. The number of thiophene rings is 1. The number of fused-ring (bicyclic) bond motifs is 1. The molecule has 7 heteroatoms. The molecule has 36 heavy (non-hydrogen) atoms. The average molecular weight is 566 g/mol. The topological polar surface area (TPSA) is 42.6 Å². The molecule has 0 radical (unpaired) electrons. The fourth-order valence-corrected chi connectivity index (χ4v) is 7.00. The van der Waals surface area contributed by atoms with Crippen LogP contribution in [0.5, 0.6) is 0 Å². The Morgan fingerprint density at radius 1 is 1.08 bits per heavy atom. The number of halogens is 1. The molecule has 0 aliphatic carbocycles. The van der Waals surface area contributed by atoms with Gasteiger partial charge in [0.1, 0.15) is 0 Å². The number of benzene rings is 2. The summed E-state index contributed by atoms with van der Waals surface area (Å²) in [5, 5.41) is 3.30. The number of hydrogen-bond acceptors (Lipinski definition) is 4. The van der Waals surface area contributed by atoms with Crippen LogP contribution in [0.25, 0.3) is 10.9 Å². The Morgan fingerprint density at radius 2 is 1.83 bits per heavy atom. The van der Waals surface area contributed by atoms with Gasteiger partial charge in [-0.1, -0.05) is 52.3 Å². The maximum Gasteiger partial charge on any atom is 0.224 e. The van der Waals surface area contributed by atoms with Gasteiger partial charge in [0.15, 0.2) is 0 Å². The van der Waals surface area contributed by atoms with Crippen molar-refractivity contribution in [1.82, 2.24) is 14.8 Å². The third-order valence-electron chi connectivity index (χ3n) is 7.80. The molecule has 1 N–H and O–H groups in total. The number of nitrogens with one attached hydrogen (secondary N) is 1. The van der Waals surface area contributed by atoms with E-state index in [2.05, 4.69) is 111 Å². The van der Waals surface area contributed by atoms with Crippen molar-refractivity contribution in [1.29, 1.82) is 0 Å². The van der Waals surface area contributed by atoms with Crippen LogP contribution in [0.3, 0.4) is 0 Å². The number of carbonyl (C=O) groups is 1. The van der Waals surface area contributed by atoms with E-state index in [0.29, 0.717) is 6.42 Å². The minimum absolute atomic E-state index is 0.0119. The highest BCUT2D eigenvalue weighted by Crippen LogP contribution is 2.40. The molecule has 1 aliphatic heterocycles. The van der Waals surface area contributed by atoms with Crippen molar-refractivity contribution in [3.8, 4) is 0 Å². The standard InChI is InChI=1S/C29H33BrN4OS/c1-32(2)29(27-10-7-17-36-27)13-15-34(16-14-29)28(35)19-25(21-8-5-4-6-9-21)33(3)26-20-31-24-12-11-22(30)18-23(24)26/h4-12,17-18,20,25,31H,13-16,19H2,1-3H3. The first-order chi connectivity index (χ1) is 17.4. The molecule has 1 atom stereocenters. The fraction of sp³-hybridized carbons (Fsp3) is 0.345. The highest BCUT2D eigenvalue weighted by molar-refractivity contribution is 9.10. The fourth-order valence-electron chi connectivity index (χ4n) is 5.57. The minimum atomic E-state index is -0.0606. The minimum Gasteiger partial charge on any atom is -0.365 e. The van der Waals surface area contributed by atoms with E-state index < -0.39 is 0 Å². The molecule has 1 amide bonds. The van der Waals surface area contributed by atoms with Crippen molar-refractivity contribution in [2.45, 2.75) is 30.8 Å². The van der Waals surface area contributed by atoms with Crippen LogP contribution in [0.1, 0.15) is 35.7 Å². The number of H-pyrrole nitrogens is 1. The number of likely N-dealkylation sites (tertiary alicyclic amines) is 1. The number of rotatable bonds is 7. The first-order valence-electron chi connectivity index (χ1n) is 12.4. The monoisotopic (exact) mass is 564 g/mol. The lowest BCUT2D eigenvalue weighted by molar-refractivity contribution is -0.134. The summed E-state index contributed by atoms with van der Waals surface area (Å²) in [6.07, 6.45) is 4.39. The summed E-state index contributed by atoms with van der Waals surface area (Å²) in [6.45, 7) is 1.56. The van der Waals surface area contributed by atoms with E-state index >= 15 is 0 Å². The smallest absolute Gasteiger partial charge is 0.224 e. The Hall–Kier alpha value is -2.61. The summed E-state index contributed by atoms with van der Waals surface area (Å²) < 4.78 is 1.04. The Bertz CT molecular complexity index is 1310. The molecule has 0 spiro atoms.